The maximum atomic E-state index is 8.86. The number of hydrogen-bond donors (Lipinski definition) is 0. The first-order chi connectivity index (χ1) is 5.39. The van der Waals surface area contributed by atoms with Crippen LogP contribution in [0.2, 0.25) is 0 Å². The topological polar surface area (TPSA) is 23.8 Å². The van der Waals surface area contributed by atoms with Crippen LogP contribution >= 0.6 is 0 Å². The van der Waals surface area contributed by atoms with Gasteiger partial charge in [0.15, 0.2) is 0 Å². The summed E-state index contributed by atoms with van der Waals surface area (Å²) in [5.74, 6) is 0. The van der Waals surface area contributed by atoms with Crippen molar-refractivity contribution in [3.63, 3.8) is 0 Å². The van der Waals surface area contributed by atoms with Crippen molar-refractivity contribution >= 4 is 0 Å². The Morgan fingerprint density at radius 2 is 1.92 bits per heavy atom. The first-order valence-corrected chi connectivity index (χ1v) is 4.44. The maximum absolute atomic E-state index is 8.86. The normalized spacial score (nSPS) is 16.2. The molecule has 0 radical (unpaired) electrons. The van der Waals surface area contributed by atoms with Crippen LogP contribution < -0.4 is 0 Å². The summed E-state index contributed by atoms with van der Waals surface area (Å²) in [6.07, 6.45) is 3.89. The van der Waals surface area contributed by atoms with Crippen LogP contribution in [0, 0.1) is 22.2 Å². The molecule has 0 aromatic carbocycles. The molecule has 0 aliphatic rings. The van der Waals surface area contributed by atoms with Crippen LogP contribution in [-0.2, 0) is 0 Å². The first kappa shape index (κ1) is 11.2. The lowest BCUT2D eigenvalue weighted by Gasteiger charge is -2.30. The van der Waals surface area contributed by atoms with Crippen molar-refractivity contribution in [3.05, 3.63) is 12.7 Å². The second-order valence-electron chi connectivity index (χ2n) is 4.38. The number of nitrogens with zero attached hydrogens (tertiary/aromatic N) is 1. The van der Waals surface area contributed by atoms with E-state index in [1.165, 1.54) is 0 Å². The molecule has 1 heteroatoms. The Labute approximate surface area is 76.1 Å². The molecule has 0 aliphatic heterocycles. The molecule has 0 aliphatic carbocycles. The van der Waals surface area contributed by atoms with Crippen molar-refractivity contribution in [3.8, 4) is 6.07 Å². The highest BCUT2D eigenvalue weighted by Gasteiger charge is 2.28. The summed E-state index contributed by atoms with van der Waals surface area (Å²) in [4.78, 5) is 0. The van der Waals surface area contributed by atoms with Gasteiger partial charge in [-0.2, -0.15) is 5.26 Å². The van der Waals surface area contributed by atoms with E-state index in [1.54, 1.807) is 0 Å². The van der Waals surface area contributed by atoms with Gasteiger partial charge in [-0.1, -0.05) is 19.9 Å². The molecule has 1 unspecified atom stereocenters. The fraction of sp³-hybridized carbons (Fsp3) is 0.727. The fourth-order valence-electron chi connectivity index (χ4n) is 1.39. The zero-order valence-electron chi connectivity index (χ0n) is 8.65. The third-order valence-corrected chi connectivity index (χ3v) is 2.45. The molecule has 12 heavy (non-hydrogen) atoms. The first-order valence-electron chi connectivity index (χ1n) is 4.44. The Hall–Kier alpha value is -0.770. The Morgan fingerprint density at radius 1 is 1.42 bits per heavy atom. The SMILES string of the molecule is C=CC(C)(CC)CC(C)(C)C#N. The maximum Gasteiger partial charge on any atom is 0.0684 e. The number of rotatable bonds is 4. The van der Waals surface area contributed by atoms with Gasteiger partial charge in [-0.25, -0.2) is 0 Å². The molecule has 0 aromatic rings. The van der Waals surface area contributed by atoms with Crippen LogP contribution in [0.3, 0.4) is 0 Å². The summed E-state index contributed by atoms with van der Waals surface area (Å²) < 4.78 is 0. The van der Waals surface area contributed by atoms with Gasteiger partial charge in [0.05, 0.1) is 11.5 Å². The van der Waals surface area contributed by atoms with Crippen molar-refractivity contribution in [1.29, 1.82) is 5.26 Å². The summed E-state index contributed by atoms with van der Waals surface area (Å²) in [7, 11) is 0. The van der Waals surface area contributed by atoms with Crippen LogP contribution in [-0.4, -0.2) is 0 Å². The van der Waals surface area contributed by atoms with Crippen LogP contribution in [0.25, 0.3) is 0 Å². The average Bonchev–Trinajstić information content (AvgIpc) is 2.04. The minimum atomic E-state index is -0.237. The Kier molecular flexibility index (Phi) is 3.52. The second kappa shape index (κ2) is 3.76. The van der Waals surface area contributed by atoms with Gasteiger partial charge in [-0.3, -0.25) is 0 Å². The summed E-state index contributed by atoms with van der Waals surface area (Å²) in [6, 6.07) is 2.32. The van der Waals surface area contributed by atoms with E-state index in [-0.39, 0.29) is 10.8 Å². The monoisotopic (exact) mass is 165 g/mol. The molecule has 0 spiro atoms. The molecule has 0 saturated heterocycles. The van der Waals surface area contributed by atoms with Crippen molar-refractivity contribution in [1.82, 2.24) is 0 Å². The molecule has 1 nitrogen and oxygen atoms in total. The van der Waals surface area contributed by atoms with E-state index in [1.807, 2.05) is 19.9 Å². The number of allylic oxidation sites excluding steroid dienone is 1. The molecule has 0 aromatic heterocycles. The van der Waals surface area contributed by atoms with Crippen molar-refractivity contribution in [2.45, 2.75) is 40.5 Å². The largest absolute Gasteiger partial charge is 0.198 e. The van der Waals surface area contributed by atoms with Gasteiger partial charge >= 0.3 is 0 Å². The average molecular weight is 165 g/mol. The van der Waals surface area contributed by atoms with E-state index in [4.69, 9.17) is 5.26 Å². The number of hydrogen-bond acceptors (Lipinski definition) is 1. The molecule has 0 bridgehead atoms. The highest BCUT2D eigenvalue weighted by Crippen LogP contribution is 2.36. The van der Waals surface area contributed by atoms with Gasteiger partial charge in [0.1, 0.15) is 0 Å². The minimum absolute atomic E-state index is 0.110. The molecule has 0 amide bonds. The zero-order chi connectivity index (χ0) is 9.83. The van der Waals surface area contributed by atoms with Crippen LogP contribution in [0.15, 0.2) is 12.7 Å². The standard InChI is InChI=1S/C11H19N/c1-6-11(5,7-2)8-10(3,4)9-12/h6H,1,7-8H2,2-5H3. The van der Waals surface area contributed by atoms with E-state index in [9.17, 15) is 0 Å². The third-order valence-electron chi connectivity index (χ3n) is 2.45. The predicted octanol–water partition coefficient (Wildman–Crippen LogP) is 3.53. The molecule has 68 valence electrons. The summed E-state index contributed by atoms with van der Waals surface area (Å²) in [6.45, 7) is 12.1. The lowest BCUT2D eigenvalue weighted by atomic mass is 9.73. The molecular weight excluding hydrogens is 146 g/mol. The van der Waals surface area contributed by atoms with Gasteiger partial charge in [0.25, 0.3) is 0 Å². The third kappa shape index (κ3) is 3.09. The van der Waals surface area contributed by atoms with Crippen LogP contribution in [0.4, 0.5) is 0 Å². The van der Waals surface area contributed by atoms with Gasteiger partial charge in [-0.05, 0) is 32.1 Å². The van der Waals surface area contributed by atoms with E-state index in [0.29, 0.717) is 0 Å². The molecular formula is C11H19N. The van der Waals surface area contributed by atoms with Gasteiger partial charge in [0, 0.05) is 0 Å². The summed E-state index contributed by atoms with van der Waals surface area (Å²) >= 11 is 0. The van der Waals surface area contributed by atoms with Gasteiger partial charge in [0.2, 0.25) is 0 Å². The molecule has 1 atom stereocenters. The summed E-state index contributed by atoms with van der Waals surface area (Å²) in [5.41, 5.74) is -0.127. The smallest absolute Gasteiger partial charge is 0.0684 e. The lowest BCUT2D eigenvalue weighted by molar-refractivity contribution is 0.272. The quantitative estimate of drug-likeness (QED) is 0.585. The summed E-state index contributed by atoms with van der Waals surface area (Å²) in [5, 5.41) is 8.86. The Bertz CT molecular complexity index is 198. The molecule has 0 rings (SSSR count). The number of nitriles is 1. The van der Waals surface area contributed by atoms with E-state index in [2.05, 4.69) is 26.5 Å². The van der Waals surface area contributed by atoms with Crippen molar-refractivity contribution in [2.24, 2.45) is 10.8 Å². The van der Waals surface area contributed by atoms with Crippen molar-refractivity contribution < 1.29 is 0 Å². The van der Waals surface area contributed by atoms with Crippen molar-refractivity contribution in [2.75, 3.05) is 0 Å². The van der Waals surface area contributed by atoms with Crippen LogP contribution in [0.5, 0.6) is 0 Å². The lowest BCUT2D eigenvalue weighted by Crippen LogP contribution is -2.21. The van der Waals surface area contributed by atoms with E-state index in [0.717, 1.165) is 12.8 Å². The van der Waals surface area contributed by atoms with E-state index < -0.39 is 0 Å². The minimum Gasteiger partial charge on any atom is -0.198 e. The Balaban J connectivity index is 4.43. The van der Waals surface area contributed by atoms with Crippen LogP contribution in [0.1, 0.15) is 40.5 Å². The molecule has 0 fully saturated rings. The highest BCUT2D eigenvalue weighted by atomic mass is 14.4. The molecule has 0 N–H and O–H groups in total. The predicted molar refractivity (Wildman–Crippen MR) is 52.6 cm³/mol. The Morgan fingerprint density at radius 3 is 2.17 bits per heavy atom. The highest BCUT2D eigenvalue weighted by molar-refractivity contribution is 5.01. The molecule has 0 saturated carbocycles. The zero-order valence-corrected chi connectivity index (χ0v) is 8.65. The second-order valence-corrected chi connectivity index (χ2v) is 4.38. The van der Waals surface area contributed by atoms with Gasteiger partial charge in [-0.15, -0.1) is 6.58 Å². The molecule has 0 heterocycles. The van der Waals surface area contributed by atoms with E-state index >= 15 is 0 Å². The fourth-order valence-corrected chi connectivity index (χ4v) is 1.39. The van der Waals surface area contributed by atoms with Gasteiger partial charge < -0.3 is 0 Å².